The summed E-state index contributed by atoms with van der Waals surface area (Å²) in [6.45, 7) is 14.2. The van der Waals surface area contributed by atoms with Gasteiger partial charge in [-0.25, -0.2) is 0 Å². The Labute approximate surface area is 129 Å². The molecule has 2 unspecified atom stereocenters. The van der Waals surface area contributed by atoms with E-state index in [9.17, 15) is 0 Å². The van der Waals surface area contributed by atoms with Gasteiger partial charge in [-0.15, -0.1) is 0 Å². The molecule has 1 aliphatic rings. The van der Waals surface area contributed by atoms with E-state index in [0.717, 1.165) is 38.5 Å². The van der Waals surface area contributed by atoms with Crippen LogP contribution < -0.4 is 10.1 Å². The summed E-state index contributed by atoms with van der Waals surface area (Å²) in [5, 5.41) is 3.58. The number of nitrogens with one attached hydrogen (secondary N) is 1. The molecule has 21 heavy (non-hydrogen) atoms. The molecule has 0 saturated carbocycles. The highest BCUT2D eigenvalue weighted by Gasteiger charge is 2.23. The second-order valence-corrected chi connectivity index (χ2v) is 6.70. The maximum Gasteiger partial charge on any atom is 0.123 e. The van der Waals surface area contributed by atoms with E-state index in [2.05, 4.69) is 62.2 Å². The van der Waals surface area contributed by atoms with Gasteiger partial charge in [-0.05, 0) is 37.9 Å². The van der Waals surface area contributed by atoms with Gasteiger partial charge in [0.25, 0.3) is 0 Å². The lowest BCUT2D eigenvalue weighted by atomic mass is 10.0. The highest BCUT2D eigenvalue weighted by atomic mass is 16.5. The molecule has 2 rings (SSSR count). The topological polar surface area (TPSA) is 24.5 Å². The molecule has 118 valence electrons. The number of hydrogen-bond acceptors (Lipinski definition) is 3. The number of nitrogens with zero attached hydrogens (tertiary/aromatic N) is 1. The molecule has 0 amide bonds. The first kappa shape index (κ1) is 16.3. The van der Waals surface area contributed by atoms with Crippen molar-refractivity contribution in [1.82, 2.24) is 10.2 Å². The van der Waals surface area contributed by atoms with Gasteiger partial charge in [-0.3, -0.25) is 4.90 Å². The van der Waals surface area contributed by atoms with Crippen LogP contribution in [0.4, 0.5) is 0 Å². The number of fused-ring (bicyclic) bond motifs is 1. The van der Waals surface area contributed by atoms with Crippen LogP contribution >= 0.6 is 0 Å². The van der Waals surface area contributed by atoms with Crippen LogP contribution in [0, 0.1) is 11.8 Å². The summed E-state index contributed by atoms with van der Waals surface area (Å²) in [5.41, 5.74) is 1.31. The van der Waals surface area contributed by atoms with Crippen molar-refractivity contribution in [2.75, 3.05) is 26.2 Å². The van der Waals surface area contributed by atoms with E-state index >= 15 is 0 Å². The molecule has 1 aromatic carbocycles. The van der Waals surface area contributed by atoms with Crippen LogP contribution in [0.2, 0.25) is 0 Å². The van der Waals surface area contributed by atoms with Crippen LogP contribution in [0.3, 0.4) is 0 Å². The second-order valence-electron chi connectivity index (χ2n) is 6.70. The molecule has 1 aliphatic heterocycles. The third-order valence-electron chi connectivity index (χ3n) is 4.40. The fourth-order valence-corrected chi connectivity index (χ4v) is 2.82. The van der Waals surface area contributed by atoms with E-state index < -0.39 is 0 Å². The van der Waals surface area contributed by atoms with Gasteiger partial charge in [0, 0.05) is 24.7 Å². The molecule has 0 aromatic heterocycles. The van der Waals surface area contributed by atoms with Gasteiger partial charge < -0.3 is 10.1 Å². The van der Waals surface area contributed by atoms with Gasteiger partial charge in [0.15, 0.2) is 0 Å². The summed E-state index contributed by atoms with van der Waals surface area (Å²) in [6.07, 6.45) is 0. The Morgan fingerprint density at radius 3 is 2.67 bits per heavy atom. The Morgan fingerprint density at radius 1 is 1.14 bits per heavy atom. The number of hydrogen-bond donors (Lipinski definition) is 1. The predicted octanol–water partition coefficient (Wildman–Crippen LogP) is 3.15. The van der Waals surface area contributed by atoms with Gasteiger partial charge in [-0.2, -0.15) is 0 Å². The summed E-state index contributed by atoms with van der Waals surface area (Å²) >= 11 is 0. The van der Waals surface area contributed by atoms with Crippen molar-refractivity contribution in [2.45, 2.75) is 40.3 Å². The Kier molecular flexibility index (Phi) is 6.07. The first-order valence-corrected chi connectivity index (χ1v) is 8.23. The minimum atomic E-state index is 0.555. The lowest BCUT2D eigenvalue weighted by Gasteiger charge is -2.32. The molecule has 0 spiro atoms. The lowest BCUT2D eigenvalue weighted by molar-refractivity contribution is 0.139. The SMILES string of the molecule is CC(C)CNCC(C)C(C)N1CCOc2ccccc2C1. The minimum Gasteiger partial charge on any atom is -0.492 e. The molecule has 1 N–H and O–H groups in total. The zero-order chi connectivity index (χ0) is 15.2. The number of ether oxygens (including phenoxy) is 1. The first-order chi connectivity index (χ1) is 10.1. The summed E-state index contributed by atoms with van der Waals surface area (Å²) in [4.78, 5) is 2.55. The molecule has 0 fully saturated rings. The molecule has 3 heteroatoms. The van der Waals surface area contributed by atoms with Crippen LogP contribution in [-0.4, -0.2) is 37.2 Å². The van der Waals surface area contributed by atoms with Crippen LogP contribution in [-0.2, 0) is 6.54 Å². The van der Waals surface area contributed by atoms with Gasteiger partial charge in [0.05, 0.1) is 0 Å². The van der Waals surface area contributed by atoms with Crippen molar-refractivity contribution in [3.05, 3.63) is 29.8 Å². The maximum atomic E-state index is 5.86. The van der Waals surface area contributed by atoms with Gasteiger partial charge in [0.1, 0.15) is 12.4 Å². The highest BCUT2D eigenvalue weighted by Crippen LogP contribution is 2.24. The Morgan fingerprint density at radius 2 is 1.90 bits per heavy atom. The average Bonchev–Trinajstić information content (AvgIpc) is 2.68. The molecular formula is C18H30N2O. The second kappa shape index (κ2) is 7.81. The molecule has 0 aliphatic carbocycles. The zero-order valence-corrected chi connectivity index (χ0v) is 13.9. The quantitative estimate of drug-likeness (QED) is 0.871. The van der Waals surface area contributed by atoms with E-state index in [4.69, 9.17) is 4.74 Å². The molecule has 3 nitrogen and oxygen atoms in total. The average molecular weight is 290 g/mol. The highest BCUT2D eigenvalue weighted by molar-refractivity contribution is 5.33. The number of benzene rings is 1. The summed E-state index contributed by atoms with van der Waals surface area (Å²) in [5.74, 6) is 2.40. The van der Waals surface area contributed by atoms with Crippen molar-refractivity contribution >= 4 is 0 Å². The van der Waals surface area contributed by atoms with Gasteiger partial charge >= 0.3 is 0 Å². The van der Waals surface area contributed by atoms with E-state index in [0.29, 0.717) is 17.9 Å². The number of rotatable bonds is 6. The molecule has 2 atom stereocenters. The standard InChI is InChI=1S/C18H30N2O/c1-14(2)11-19-12-15(3)16(4)20-9-10-21-18-8-6-5-7-17(18)13-20/h5-8,14-16,19H,9-13H2,1-4H3. The van der Waals surface area contributed by atoms with Gasteiger partial charge in [0.2, 0.25) is 0 Å². The van der Waals surface area contributed by atoms with E-state index in [1.165, 1.54) is 5.56 Å². The summed E-state index contributed by atoms with van der Waals surface area (Å²) in [7, 11) is 0. The normalized spacial score (nSPS) is 18.7. The third kappa shape index (κ3) is 4.72. The van der Waals surface area contributed by atoms with E-state index in [1.807, 2.05) is 0 Å². The van der Waals surface area contributed by atoms with E-state index in [1.54, 1.807) is 0 Å². The largest absolute Gasteiger partial charge is 0.492 e. The van der Waals surface area contributed by atoms with Crippen LogP contribution in [0.15, 0.2) is 24.3 Å². The molecule has 0 radical (unpaired) electrons. The monoisotopic (exact) mass is 290 g/mol. The molecule has 1 heterocycles. The van der Waals surface area contributed by atoms with Crippen molar-refractivity contribution in [2.24, 2.45) is 11.8 Å². The van der Waals surface area contributed by atoms with Crippen molar-refractivity contribution in [3.63, 3.8) is 0 Å². The smallest absolute Gasteiger partial charge is 0.123 e. The van der Waals surface area contributed by atoms with Crippen molar-refractivity contribution in [1.29, 1.82) is 0 Å². The Hall–Kier alpha value is -1.06. The maximum absolute atomic E-state index is 5.86. The number of para-hydroxylation sites is 1. The van der Waals surface area contributed by atoms with Gasteiger partial charge in [-0.1, -0.05) is 39.0 Å². The van der Waals surface area contributed by atoms with Crippen LogP contribution in [0.1, 0.15) is 33.3 Å². The van der Waals surface area contributed by atoms with Crippen LogP contribution in [0.25, 0.3) is 0 Å². The van der Waals surface area contributed by atoms with E-state index in [-0.39, 0.29) is 0 Å². The summed E-state index contributed by atoms with van der Waals surface area (Å²) in [6, 6.07) is 8.97. The Bertz CT molecular complexity index is 433. The molecular weight excluding hydrogens is 260 g/mol. The molecule has 0 saturated heterocycles. The van der Waals surface area contributed by atoms with Crippen LogP contribution in [0.5, 0.6) is 5.75 Å². The van der Waals surface area contributed by atoms with Crippen molar-refractivity contribution < 1.29 is 4.74 Å². The third-order valence-corrected chi connectivity index (χ3v) is 4.40. The molecule has 0 bridgehead atoms. The van der Waals surface area contributed by atoms with Crippen molar-refractivity contribution in [3.8, 4) is 5.75 Å². The zero-order valence-electron chi connectivity index (χ0n) is 13.9. The summed E-state index contributed by atoms with van der Waals surface area (Å²) < 4.78 is 5.86. The lowest BCUT2D eigenvalue weighted by Crippen LogP contribution is -2.42. The fraction of sp³-hybridized carbons (Fsp3) is 0.667. The fourth-order valence-electron chi connectivity index (χ4n) is 2.82. The molecule has 1 aromatic rings. The predicted molar refractivity (Wildman–Crippen MR) is 88.7 cm³/mol. The Balaban J connectivity index is 1.91. The first-order valence-electron chi connectivity index (χ1n) is 8.23. The minimum absolute atomic E-state index is 0.555.